The molecule has 2 heterocycles. The van der Waals surface area contributed by atoms with Crippen molar-refractivity contribution in [3.63, 3.8) is 0 Å². The highest BCUT2D eigenvalue weighted by Gasteiger charge is 2.23. The van der Waals surface area contributed by atoms with Gasteiger partial charge in [0.15, 0.2) is 0 Å². The Bertz CT molecular complexity index is 883. The summed E-state index contributed by atoms with van der Waals surface area (Å²) in [6.07, 6.45) is 1.23. The van der Waals surface area contributed by atoms with Gasteiger partial charge in [0.1, 0.15) is 0 Å². The van der Waals surface area contributed by atoms with Crippen LogP contribution in [-0.4, -0.2) is 64.1 Å². The SMILES string of the molecule is Cc1nn(CC(C)C)c(C)c1CCC(=O)N1CCN(CC(=O)Nc2ccccc2)CC1. The maximum Gasteiger partial charge on any atom is 0.238 e. The largest absolute Gasteiger partial charge is 0.340 e. The Labute approximate surface area is 185 Å². The molecule has 1 aliphatic rings. The van der Waals surface area contributed by atoms with Gasteiger partial charge in [-0.05, 0) is 43.9 Å². The number of aromatic nitrogens is 2. The highest BCUT2D eigenvalue weighted by molar-refractivity contribution is 5.92. The average molecular weight is 426 g/mol. The molecule has 0 unspecified atom stereocenters. The number of hydrogen-bond acceptors (Lipinski definition) is 4. The van der Waals surface area contributed by atoms with Crippen LogP contribution in [0, 0.1) is 19.8 Å². The zero-order valence-electron chi connectivity index (χ0n) is 19.2. The smallest absolute Gasteiger partial charge is 0.238 e. The van der Waals surface area contributed by atoms with Crippen molar-refractivity contribution < 1.29 is 9.59 Å². The zero-order chi connectivity index (χ0) is 22.4. The van der Waals surface area contributed by atoms with E-state index >= 15 is 0 Å². The number of nitrogens with one attached hydrogen (secondary N) is 1. The maximum absolute atomic E-state index is 12.7. The fourth-order valence-corrected chi connectivity index (χ4v) is 4.09. The molecule has 3 rings (SSSR count). The van der Waals surface area contributed by atoms with E-state index in [4.69, 9.17) is 0 Å². The van der Waals surface area contributed by atoms with Gasteiger partial charge in [0.05, 0.1) is 12.2 Å². The molecule has 1 fully saturated rings. The van der Waals surface area contributed by atoms with Crippen molar-refractivity contribution in [2.24, 2.45) is 5.92 Å². The van der Waals surface area contributed by atoms with Crippen LogP contribution in [0.25, 0.3) is 0 Å². The highest BCUT2D eigenvalue weighted by Crippen LogP contribution is 2.17. The quantitative estimate of drug-likeness (QED) is 0.706. The van der Waals surface area contributed by atoms with Gasteiger partial charge >= 0.3 is 0 Å². The molecule has 7 nitrogen and oxygen atoms in total. The molecule has 0 spiro atoms. The van der Waals surface area contributed by atoms with Gasteiger partial charge in [-0.25, -0.2) is 0 Å². The molecule has 1 aromatic carbocycles. The van der Waals surface area contributed by atoms with Crippen molar-refractivity contribution in [3.8, 4) is 0 Å². The van der Waals surface area contributed by atoms with Crippen LogP contribution >= 0.6 is 0 Å². The van der Waals surface area contributed by atoms with E-state index in [0.717, 1.165) is 37.4 Å². The van der Waals surface area contributed by atoms with Gasteiger partial charge in [0.25, 0.3) is 0 Å². The minimum atomic E-state index is -0.0182. The predicted molar refractivity (Wildman–Crippen MR) is 123 cm³/mol. The number of benzene rings is 1. The Balaban J connectivity index is 1.43. The number of carbonyl (C=O) groups is 2. The summed E-state index contributed by atoms with van der Waals surface area (Å²) < 4.78 is 2.07. The number of nitrogens with zero attached hydrogens (tertiary/aromatic N) is 4. The second-order valence-corrected chi connectivity index (χ2v) is 8.80. The summed E-state index contributed by atoms with van der Waals surface area (Å²) in [7, 11) is 0. The van der Waals surface area contributed by atoms with Crippen LogP contribution < -0.4 is 5.32 Å². The van der Waals surface area contributed by atoms with Gasteiger partial charge in [0, 0.05) is 50.5 Å². The molecule has 1 aromatic heterocycles. The molecule has 0 bridgehead atoms. The molecular formula is C24H35N5O2. The zero-order valence-corrected chi connectivity index (χ0v) is 19.2. The van der Waals surface area contributed by atoms with Crippen molar-refractivity contribution in [1.29, 1.82) is 0 Å². The molecule has 1 N–H and O–H groups in total. The molecule has 0 radical (unpaired) electrons. The number of carbonyl (C=O) groups excluding carboxylic acids is 2. The lowest BCUT2D eigenvalue weighted by molar-refractivity contribution is -0.133. The fourth-order valence-electron chi connectivity index (χ4n) is 4.09. The summed E-state index contributed by atoms with van der Waals surface area (Å²) in [5.41, 5.74) is 4.21. The summed E-state index contributed by atoms with van der Waals surface area (Å²) in [4.78, 5) is 29.0. The van der Waals surface area contributed by atoms with E-state index in [2.05, 4.69) is 40.8 Å². The lowest BCUT2D eigenvalue weighted by Crippen LogP contribution is -2.50. The van der Waals surface area contributed by atoms with E-state index in [0.29, 0.717) is 32.0 Å². The van der Waals surface area contributed by atoms with E-state index < -0.39 is 0 Å². The third-order valence-corrected chi connectivity index (χ3v) is 5.81. The van der Waals surface area contributed by atoms with Crippen molar-refractivity contribution >= 4 is 17.5 Å². The first kappa shape index (κ1) is 23.0. The third-order valence-electron chi connectivity index (χ3n) is 5.81. The molecule has 0 atom stereocenters. The normalized spacial score (nSPS) is 14.8. The van der Waals surface area contributed by atoms with Gasteiger partial charge < -0.3 is 10.2 Å². The van der Waals surface area contributed by atoms with E-state index in [-0.39, 0.29) is 11.8 Å². The minimum absolute atomic E-state index is 0.0182. The number of hydrogen-bond donors (Lipinski definition) is 1. The molecule has 0 saturated carbocycles. The summed E-state index contributed by atoms with van der Waals surface area (Å²) in [5.74, 6) is 0.706. The molecule has 168 valence electrons. The Morgan fingerprint density at radius 2 is 1.74 bits per heavy atom. The molecule has 2 aromatic rings. The molecule has 2 amide bonds. The molecule has 31 heavy (non-hydrogen) atoms. The standard InChI is InChI=1S/C24H35N5O2/c1-18(2)16-29-20(4)22(19(3)26-29)10-11-24(31)28-14-12-27(13-15-28)17-23(30)25-21-8-6-5-7-9-21/h5-9,18H,10-17H2,1-4H3,(H,25,30). The number of para-hydroxylation sites is 1. The van der Waals surface area contributed by atoms with Crippen LogP contribution in [0.1, 0.15) is 37.2 Å². The molecule has 0 aliphatic carbocycles. The maximum atomic E-state index is 12.7. The summed E-state index contributed by atoms with van der Waals surface area (Å²) in [6.45, 7) is 12.5. The second-order valence-electron chi connectivity index (χ2n) is 8.80. The predicted octanol–water partition coefficient (Wildman–Crippen LogP) is 2.87. The first-order valence-electron chi connectivity index (χ1n) is 11.2. The van der Waals surface area contributed by atoms with Crippen molar-refractivity contribution in [2.45, 2.75) is 47.1 Å². The van der Waals surface area contributed by atoms with Gasteiger partial charge in [0.2, 0.25) is 11.8 Å². The Morgan fingerprint density at radius 3 is 2.39 bits per heavy atom. The van der Waals surface area contributed by atoms with Crippen molar-refractivity contribution in [1.82, 2.24) is 19.6 Å². The number of rotatable bonds is 8. The van der Waals surface area contributed by atoms with E-state index in [1.807, 2.05) is 42.2 Å². The highest BCUT2D eigenvalue weighted by atomic mass is 16.2. The third kappa shape index (κ3) is 6.40. The van der Waals surface area contributed by atoms with Crippen LogP contribution in [0.4, 0.5) is 5.69 Å². The van der Waals surface area contributed by atoms with Gasteiger partial charge in [-0.1, -0.05) is 32.0 Å². The van der Waals surface area contributed by atoms with Crippen LogP contribution in [0.5, 0.6) is 0 Å². The fraction of sp³-hybridized carbons (Fsp3) is 0.542. The lowest BCUT2D eigenvalue weighted by Gasteiger charge is -2.34. The van der Waals surface area contributed by atoms with Crippen molar-refractivity contribution in [3.05, 3.63) is 47.3 Å². The first-order valence-corrected chi connectivity index (χ1v) is 11.2. The van der Waals surface area contributed by atoms with Crippen LogP contribution in [0.15, 0.2) is 30.3 Å². The summed E-state index contributed by atoms with van der Waals surface area (Å²) in [5, 5.41) is 7.57. The topological polar surface area (TPSA) is 70.5 Å². The summed E-state index contributed by atoms with van der Waals surface area (Å²) >= 11 is 0. The van der Waals surface area contributed by atoms with E-state index in [1.54, 1.807) is 0 Å². The van der Waals surface area contributed by atoms with E-state index in [9.17, 15) is 9.59 Å². The number of piperazine rings is 1. The first-order chi connectivity index (χ1) is 14.8. The van der Waals surface area contributed by atoms with Gasteiger partial charge in [-0.2, -0.15) is 5.10 Å². The molecule has 1 saturated heterocycles. The monoisotopic (exact) mass is 425 g/mol. The molecule has 1 aliphatic heterocycles. The second kappa shape index (κ2) is 10.6. The van der Waals surface area contributed by atoms with Crippen LogP contribution in [0.3, 0.4) is 0 Å². The average Bonchev–Trinajstić information content (AvgIpc) is 2.99. The molecule has 7 heteroatoms. The molecular weight excluding hydrogens is 390 g/mol. The minimum Gasteiger partial charge on any atom is -0.340 e. The van der Waals surface area contributed by atoms with E-state index in [1.165, 1.54) is 11.3 Å². The Morgan fingerprint density at radius 1 is 1.06 bits per heavy atom. The van der Waals surface area contributed by atoms with Gasteiger partial charge in [-0.15, -0.1) is 0 Å². The summed E-state index contributed by atoms with van der Waals surface area (Å²) in [6, 6.07) is 9.48. The van der Waals surface area contributed by atoms with Gasteiger partial charge in [-0.3, -0.25) is 19.2 Å². The Kier molecular flexibility index (Phi) is 7.85. The Hall–Kier alpha value is -2.67. The number of anilines is 1. The number of aryl methyl sites for hydroxylation is 1. The van der Waals surface area contributed by atoms with Crippen molar-refractivity contribution in [2.75, 3.05) is 38.0 Å². The number of amides is 2. The van der Waals surface area contributed by atoms with Crippen LogP contribution in [0.2, 0.25) is 0 Å². The lowest BCUT2D eigenvalue weighted by atomic mass is 10.1. The van der Waals surface area contributed by atoms with Crippen LogP contribution in [-0.2, 0) is 22.6 Å².